The molecule has 0 N–H and O–H groups in total. The summed E-state index contributed by atoms with van der Waals surface area (Å²) in [6.45, 7) is 33.9. The highest BCUT2D eigenvalue weighted by molar-refractivity contribution is 7.00. The van der Waals surface area contributed by atoms with E-state index in [2.05, 4.69) is 306 Å². The predicted molar refractivity (Wildman–Crippen MR) is 349 cm³/mol. The van der Waals surface area contributed by atoms with Gasteiger partial charge in [-0.3, -0.25) is 0 Å². The number of nitrogens with zero attached hydrogens (tertiary/aromatic N) is 3. The van der Waals surface area contributed by atoms with Gasteiger partial charge in [0.2, 0.25) is 0 Å². The molecule has 2 heterocycles. The molecule has 0 bridgehead atoms. The Balaban J connectivity index is 1.21. The van der Waals surface area contributed by atoms with Crippen molar-refractivity contribution in [3.63, 3.8) is 0 Å². The smallest absolute Gasteiger partial charge is 0.252 e. The molecule has 0 radical (unpaired) electrons. The summed E-state index contributed by atoms with van der Waals surface area (Å²) in [6.07, 6.45) is 3.38. The number of aryl methyl sites for hydroxylation is 1. The van der Waals surface area contributed by atoms with Crippen LogP contribution in [0.4, 0.5) is 51.2 Å². The first-order chi connectivity index (χ1) is 38.4. The standard InChI is InChI=1S/C77H80BN3/c1-50-41-59-61(74(7,8)40-39-73(59,5)6)47-66(50)81-67-43-54(77(13,14)52-29-21-16-22-30-52)35-37-63(67)78-64-46-60-62(76(11,12)49-75(60,9)10)48-68(64)80(65-38-36-53(72(2,3)4)42-58(65)51-27-19-15-20-28-51)69-44-57(45-70(81)71(69)78)79(55-31-23-17-24-32-55)56-33-25-18-26-34-56/h15-38,41-48H,39-40,49H2,1-14H3. The maximum absolute atomic E-state index is 2.73. The Morgan fingerprint density at radius 1 is 0.395 bits per heavy atom. The predicted octanol–water partition coefficient (Wildman–Crippen LogP) is 19.1. The quantitative estimate of drug-likeness (QED) is 0.140. The normalized spacial score (nSPS) is 16.9. The zero-order valence-electron chi connectivity index (χ0n) is 50.5. The van der Waals surface area contributed by atoms with Gasteiger partial charge in [-0.25, -0.2) is 0 Å². The largest absolute Gasteiger partial charge is 0.311 e. The lowest BCUT2D eigenvalue weighted by Gasteiger charge is -2.47. The summed E-state index contributed by atoms with van der Waals surface area (Å²) in [5.74, 6) is 0. The highest BCUT2D eigenvalue weighted by atomic mass is 15.2. The Labute approximate surface area is 484 Å². The fourth-order valence-corrected chi connectivity index (χ4v) is 15.1. The van der Waals surface area contributed by atoms with E-state index in [-0.39, 0.29) is 39.2 Å². The van der Waals surface area contributed by atoms with Crippen molar-refractivity contribution in [1.82, 2.24) is 0 Å². The van der Waals surface area contributed by atoms with Crippen LogP contribution in [0.25, 0.3) is 11.1 Å². The number of hydrogen-bond donors (Lipinski definition) is 0. The van der Waals surface area contributed by atoms with Crippen molar-refractivity contribution in [1.29, 1.82) is 0 Å². The summed E-state index contributed by atoms with van der Waals surface area (Å²) < 4.78 is 0. The van der Waals surface area contributed by atoms with Gasteiger partial charge >= 0.3 is 0 Å². The Morgan fingerprint density at radius 3 is 1.46 bits per heavy atom. The molecule has 0 atom stereocenters. The van der Waals surface area contributed by atoms with E-state index in [0.717, 1.165) is 36.3 Å². The average Bonchev–Trinajstić information content (AvgIpc) is 3.06. The minimum Gasteiger partial charge on any atom is -0.311 e. The second-order valence-corrected chi connectivity index (χ2v) is 28.5. The molecule has 4 heteroatoms. The lowest BCUT2D eigenvalue weighted by Crippen LogP contribution is -2.61. The summed E-state index contributed by atoms with van der Waals surface area (Å²) in [6, 6.07) is 74.9. The van der Waals surface area contributed by atoms with Crippen LogP contribution in [0, 0.1) is 6.92 Å². The van der Waals surface area contributed by atoms with Crippen LogP contribution >= 0.6 is 0 Å². The van der Waals surface area contributed by atoms with Crippen LogP contribution in [0.1, 0.15) is 154 Å². The zero-order valence-corrected chi connectivity index (χ0v) is 50.5. The van der Waals surface area contributed by atoms with Gasteiger partial charge in [0.25, 0.3) is 6.71 Å². The van der Waals surface area contributed by atoms with Crippen LogP contribution in [0.2, 0.25) is 0 Å². The van der Waals surface area contributed by atoms with E-state index >= 15 is 0 Å². The minimum absolute atomic E-state index is 0.00590. The maximum atomic E-state index is 2.73. The molecule has 13 rings (SSSR count). The Morgan fingerprint density at radius 2 is 0.877 bits per heavy atom. The lowest BCUT2D eigenvalue weighted by atomic mass is 9.33. The molecular formula is C77H80BN3. The SMILES string of the molecule is Cc1cc2c(cc1N1c3cc(C(C)(C)c4ccccc4)ccc3B3c4cc5c(cc4N(c4ccc(C(C)(C)C)cc4-c4ccccc4)c4cc(N(c6ccccc6)c6ccccc6)cc1c43)C(C)(C)CC5(C)C)C(C)(C)CCC2(C)C. The van der Waals surface area contributed by atoms with E-state index in [1.807, 2.05) is 0 Å². The molecule has 2 aliphatic heterocycles. The molecule has 81 heavy (non-hydrogen) atoms. The van der Waals surface area contributed by atoms with Gasteiger partial charge in [0.05, 0.1) is 11.4 Å². The second kappa shape index (κ2) is 18.5. The third kappa shape index (κ3) is 8.52. The molecule has 0 unspecified atom stereocenters. The van der Waals surface area contributed by atoms with Gasteiger partial charge < -0.3 is 14.7 Å². The second-order valence-electron chi connectivity index (χ2n) is 28.5. The molecule has 0 saturated carbocycles. The topological polar surface area (TPSA) is 9.72 Å². The van der Waals surface area contributed by atoms with E-state index in [4.69, 9.17) is 0 Å². The summed E-state index contributed by atoms with van der Waals surface area (Å²) >= 11 is 0. The molecule has 4 aliphatic rings. The van der Waals surface area contributed by atoms with Crippen LogP contribution in [0.15, 0.2) is 194 Å². The zero-order chi connectivity index (χ0) is 56.8. The third-order valence-electron chi connectivity index (χ3n) is 19.6. The molecule has 0 aromatic heterocycles. The fraction of sp³-hybridized carbons (Fsp3) is 0.299. The Hall–Kier alpha value is -7.56. The van der Waals surface area contributed by atoms with Gasteiger partial charge in [-0.2, -0.15) is 0 Å². The molecule has 9 aromatic rings. The number of anilines is 9. The minimum atomic E-state index is -0.283. The Bertz CT molecular complexity index is 3900. The van der Waals surface area contributed by atoms with E-state index < -0.39 is 0 Å². The van der Waals surface area contributed by atoms with Gasteiger partial charge in [0, 0.05) is 50.8 Å². The molecule has 0 saturated heterocycles. The summed E-state index contributed by atoms with van der Waals surface area (Å²) in [4.78, 5) is 7.92. The molecule has 3 nitrogen and oxygen atoms in total. The molecule has 406 valence electrons. The summed E-state index contributed by atoms with van der Waals surface area (Å²) in [5.41, 5.74) is 27.9. The first-order valence-electron chi connectivity index (χ1n) is 29.9. The van der Waals surface area contributed by atoms with E-state index in [1.54, 1.807) is 0 Å². The van der Waals surface area contributed by atoms with Gasteiger partial charge in [0.1, 0.15) is 0 Å². The van der Waals surface area contributed by atoms with Crippen molar-refractivity contribution in [2.75, 3.05) is 14.7 Å². The number of benzene rings is 9. The van der Waals surface area contributed by atoms with Crippen LogP contribution in [-0.4, -0.2) is 6.71 Å². The lowest BCUT2D eigenvalue weighted by molar-refractivity contribution is 0.332. The van der Waals surface area contributed by atoms with Gasteiger partial charge in [-0.15, -0.1) is 0 Å². The number of fused-ring (bicyclic) bond motifs is 6. The van der Waals surface area contributed by atoms with E-state index in [0.29, 0.717) is 0 Å². The van der Waals surface area contributed by atoms with E-state index in [9.17, 15) is 0 Å². The molecular weight excluding hydrogens is 978 g/mol. The third-order valence-corrected chi connectivity index (χ3v) is 19.6. The summed E-state index contributed by atoms with van der Waals surface area (Å²) in [5, 5.41) is 0. The molecule has 0 fully saturated rings. The van der Waals surface area contributed by atoms with Crippen LogP contribution in [0.3, 0.4) is 0 Å². The first-order valence-corrected chi connectivity index (χ1v) is 29.9. The van der Waals surface area contributed by atoms with Crippen molar-refractivity contribution in [2.45, 2.75) is 149 Å². The monoisotopic (exact) mass is 1060 g/mol. The van der Waals surface area contributed by atoms with Gasteiger partial charge in [-0.1, -0.05) is 217 Å². The molecule has 0 spiro atoms. The molecule has 9 aromatic carbocycles. The molecule has 0 amide bonds. The van der Waals surface area contributed by atoms with Crippen molar-refractivity contribution in [2.24, 2.45) is 0 Å². The maximum Gasteiger partial charge on any atom is 0.252 e. The molecule has 2 aliphatic carbocycles. The highest BCUT2D eigenvalue weighted by Gasteiger charge is 2.50. The number of hydrogen-bond acceptors (Lipinski definition) is 3. The van der Waals surface area contributed by atoms with Crippen molar-refractivity contribution in [3.05, 3.63) is 239 Å². The van der Waals surface area contributed by atoms with Crippen molar-refractivity contribution < 1.29 is 0 Å². The highest BCUT2D eigenvalue weighted by Crippen LogP contribution is 2.56. The van der Waals surface area contributed by atoms with Crippen LogP contribution < -0.4 is 31.1 Å². The Kier molecular flexibility index (Phi) is 12.0. The van der Waals surface area contributed by atoms with Crippen molar-refractivity contribution in [3.8, 4) is 11.1 Å². The van der Waals surface area contributed by atoms with Crippen LogP contribution in [-0.2, 0) is 32.5 Å². The number of para-hydroxylation sites is 2. The number of rotatable bonds is 8. The first kappa shape index (κ1) is 52.8. The average molecular weight is 1060 g/mol. The summed E-state index contributed by atoms with van der Waals surface area (Å²) in [7, 11) is 0. The van der Waals surface area contributed by atoms with Crippen LogP contribution in [0.5, 0.6) is 0 Å². The van der Waals surface area contributed by atoms with Gasteiger partial charge in [0.15, 0.2) is 0 Å². The van der Waals surface area contributed by atoms with E-state index in [1.165, 1.54) is 106 Å². The fourth-order valence-electron chi connectivity index (χ4n) is 15.1. The van der Waals surface area contributed by atoms with Crippen molar-refractivity contribution >= 4 is 74.3 Å². The van der Waals surface area contributed by atoms with Gasteiger partial charge in [-0.05, 0) is 186 Å².